The topological polar surface area (TPSA) is 46.6 Å². The zero-order valence-corrected chi connectivity index (χ0v) is 11.0. The van der Waals surface area contributed by atoms with Crippen molar-refractivity contribution in [1.29, 1.82) is 0 Å². The van der Waals surface area contributed by atoms with Gasteiger partial charge in [-0.05, 0) is 43.0 Å². The van der Waals surface area contributed by atoms with Crippen molar-refractivity contribution in [2.45, 2.75) is 31.7 Å². The number of nitrogens with zero attached hydrogens (tertiary/aromatic N) is 1. The molecular weight excluding hydrogens is 242 g/mol. The summed E-state index contributed by atoms with van der Waals surface area (Å²) in [5.41, 5.74) is 0.557. The molecule has 4 nitrogen and oxygen atoms in total. The number of methoxy groups -OCH3 is 1. The summed E-state index contributed by atoms with van der Waals surface area (Å²) in [6, 6.07) is 7.06. The molecule has 1 saturated heterocycles. The summed E-state index contributed by atoms with van der Waals surface area (Å²) in [5.74, 6) is 0.912. The van der Waals surface area contributed by atoms with Crippen molar-refractivity contribution < 1.29 is 14.3 Å². The van der Waals surface area contributed by atoms with Crippen molar-refractivity contribution in [2.75, 3.05) is 7.11 Å². The summed E-state index contributed by atoms with van der Waals surface area (Å²) in [7, 11) is 1.59. The number of likely N-dealkylation sites (tertiary alicyclic amines) is 1. The summed E-state index contributed by atoms with van der Waals surface area (Å²) in [6.45, 7) is 0. The molecule has 2 aliphatic rings. The molecule has 2 fully saturated rings. The molecule has 2 atom stereocenters. The van der Waals surface area contributed by atoms with Gasteiger partial charge in [0.2, 0.25) is 5.91 Å². The van der Waals surface area contributed by atoms with Crippen LogP contribution in [-0.4, -0.2) is 29.9 Å². The molecule has 0 aromatic heterocycles. The van der Waals surface area contributed by atoms with Gasteiger partial charge in [0.05, 0.1) is 7.11 Å². The van der Waals surface area contributed by atoms with Crippen molar-refractivity contribution in [3.05, 3.63) is 29.8 Å². The number of imide groups is 1. The quantitative estimate of drug-likeness (QED) is 0.765. The van der Waals surface area contributed by atoms with Crippen LogP contribution in [0.15, 0.2) is 24.3 Å². The fourth-order valence-electron chi connectivity index (χ4n) is 3.24. The molecule has 19 heavy (non-hydrogen) atoms. The number of ether oxygens (including phenoxy) is 1. The lowest BCUT2D eigenvalue weighted by molar-refractivity contribution is -0.126. The van der Waals surface area contributed by atoms with Crippen LogP contribution in [-0.2, 0) is 4.79 Å². The van der Waals surface area contributed by atoms with E-state index in [0.29, 0.717) is 23.7 Å². The lowest BCUT2D eigenvalue weighted by Gasteiger charge is -2.22. The SMILES string of the molecule is COc1ccc(C(=O)N2C(=O)CC3CCCC32)cc1. The predicted octanol–water partition coefficient (Wildman–Crippen LogP) is 2.24. The van der Waals surface area contributed by atoms with E-state index in [9.17, 15) is 9.59 Å². The standard InChI is InChI=1S/C15H17NO3/c1-19-12-7-5-10(6-8-12)15(18)16-13-4-2-3-11(13)9-14(16)17/h5-8,11,13H,2-4,9H2,1H3. The zero-order chi connectivity index (χ0) is 13.4. The molecular formula is C15H17NO3. The average Bonchev–Trinajstić information content (AvgIpc) is 2.98. The fraction of sp³-hybridized carbons (Fsp3) is 0.467. The third-order valence-electron chi connectivity index (χ3n) is 4.21. The van der Waals surface area contributed by atoms with Gasteiger partial charge in [-0.15, -0.1) is 0 Å². The van der Waals surface area contributed by atoms with Gasteiger partial charge in [-0.1, -0.05) is 6.42 Å². The van der Waals surface area contributed by atoms with Crippen LogP contribution < -0.4 is 4.74 Å². The Kier molecular flexibility index (Phi) is 3.01. The second-order valence-corrected chi connectivity index (χ2v) is 5.26. The lowest BCUT2D eigenvalue weighted by atomic mass is 10.0. The Morgan fingerprint density at radius 3 is 2.68 bits per heavy atom. The van der Waals surface area contributed by atoms with Crippen LogP contribution in [0.2, 0.25) is 0 Å². The van der Waals surface area contributed by atoms with Crippen molar-refractivity contribution in [1.82, 2.24) is 4.90 Å². The maximum atomic E-state index is 12.5. The number of amides is 2. The van der Waals surface area contributed by atoms with Gasteiger partial charge < -0.3 is 4.74 Å². The van der Waals surface area contributed by atoms with Gasteiger partial charge in [0.25, 0.3) is 5.91 Å². The zero-order valence-electron chi connectivity index (χ0n) is 11.0. The summed E-state index contributed by atoms with van der Waals surface area (Å²) in [4.78, 5) is 26.0. The van der Waals surface area contributed by atoms with Crippen LogP contribution in [0.4, 0.5) is 0 Å². The number of rotatable bonds is 2. The highest BCUT2D eigenvalue weighted by atomic mass is 16.5. The molecule has 3 rings (SSSR count). The van der Waals surface area contributed by atoms with E-state index in [2.05, 4.69) is 0 Å². The number of hydrogen-bond acceptors (Lipinski definition) is 3. The van der Waals surface area contributed by atoms with Gasteiger partial charge in [0.15, 0.2) is 0 Å². The highest BCUT2D eigenvalue weighted by Gasteiger charge is 2.45. The monoisotopic (exact) mass is 259 g/mol. The van der Waals surface area contributed by atoms with Gasteiger partial charge >= 0.3 is 0 Å². The Morgan fingerprint density at radius 2 is 2.00 bits per heavy atom. The number of fused-ring (bicyclic) bond motifs is 1. The highest BCUT2D eigenvalue weighted by molar-refractivity contribution is 6.06. The van der Waals surface area contributed by atoms with Crippen LogP contribution in [0.25, 0.3) is 0 Å². The minimum atomic E-state index is -0.165. The molecule has 1 aliphatic carbocycles. The van der Waals surface area contributed by atoms with E-state index in [0.717, 1.165) is 19.3 Å². The second kappa shape index (κ2) is 4.68. The molecule has 2 amide bonds. The predicted molar refractivity (Wildman–Crippen MR) is 69.9 cm³/mol. The molecule has 0 bridgehead atoms. The summed E-state index contributed by atoms with van der Waals surface area (Å²) < 4.78 is 5.07. The Hall–Kier alpha value is -1.84. The molecule has 1 aromatic rings. The molecule has 0 N–H and O–H groups in total. The Bertz CT molecular complexity index is 509. The second-order valence-electron chi connectivity index (χ2n) is 5.26. The van der Waals surface area contributed by atoms with Crippen LogP contribution in [0, 0.1) is 5.92 Å². The molecule has 1 saturated carbocycles. The van der Waals surface area contributed by atoms with E-state index in [1.54, 1.807) is 31.4 Å². The molecule has 1 heterocycles. The molecule has 100 valence electrons. The minimum Gasteiger partial charge on any atom is -0.497 e. The molecule has 0 spiro atoms. The number of carbonyl (C=O) groups excluding carboxylic acids is 2. The van der Waals surface area contributed by atoms with E-state index >= 15 is 0 Å². The first-order chi connectivity index (χ1) is 9.20. The van der Waals surface area contributed by atoms with E-state index in [1.807, 2.05) is 0 Å². The van der Waals surface area contributed by atoms with Gasteiger partial charge in [-0.2, -0.15) is 0 Å². The van der Waals surface area contributed by atoms with Gasteiger partial charge in [-0.25, -0.2) is 0 Å². The van der Waals surface area contributed by atoms with E-state index in [4.69, 9.17) is 4.74 Å². The first-order valence-electron chi connectivity index (χ1n) is 6.71. The normalized spacial score (nSPS) is 25.5. The largest absolute Gasteiger partial charge is 0.497 e. The average molecular weight is 259 g/mol. The third-order valence-corrected chi connectivity index (χ3v) is 4.21. The molecule has 4 heteroatoms. The van der Waals surface area contributed by atoms with Gasteiger partial charge in [-0.3, -0.25) is 14.5 Å². The summed E-state index contributed by atoms with van der Waals surface area (Å²) in [5, 5.41) is 0. The summed E-state index contributed by atoms with van der Waals surface area (Å²) >= 11 is 0. The van der Waals surface area contributed by atoms with E-state index < -0.39 is 0 Å². The Balaban J connectivity index is 1.84. The van der Waals surface area contributed by atoms with Gasteiger partial charge in [0, 0.05) is 18.0 Å². The van der Waals surface area contributed by atoms with E-state index in [-0.39, 0.29) is 17.9 Å². The lowest BCUT2D eigenvalue weighted by Crippen LogP contribution is -2.38. The minimum absolute atomic E-state index is 0.0180. The molecule has 1 aromatic carbocycles. The maximum absolute atomic E-state index is 12.5. The van der Waals surface area contributed by atoms with Crippen LogP contribution in [0.1, 0.15) is 36.0 Å². The Labute approximate surface area is 112 Å². The third kappa shape index (κ3) is 2.01. The molecule has 2 unspecified atom stereocenters. The number of carbonyl (C=O) groups is 2. The highest BCUT2D eigenvalue weighted by Crippen LogP contribution is 2.39. The Morgan fingerprint density at radius 1 is 1.26 bits per heavy atom. The smallest absolute Gasteiger partial charge is 0.260 e. The molecule has 1 aliphatic heterocycles. The van der Waals surface area contributed by atoms with Gasteiger partial charge in [0.1, 0.15) is 5.75 Å². The van der Waals surface area contributed by atoms with Crippen molar-refractivity contribution in [3.63, 3.8) is 0 Å². The first kappa shape index (κ1) is 12.2. The molecule has 0 radical (unpaired) electrons. The first-order valence-corrected chi connectivity index (χ1v) is 6.71. The van der Waals surface area contributed by atoms with Crippen LogP contribution in [0.3, 0.4) is 0 Å². The number of hydrogen-bond donors (Lipinski definition) is 0. The maximum Gasteiger partial charge on any atom is 0.260 e. The number of benzene rings is 1. The van der Waals surface area contributed by atoms with Crippen molar-refractivity contribution in [2.24, 2.45) is 5.92 Å². The van der Waals surface area contributed by atoms with Crippen molar-refractivity contribution in [3.8, 4) is 5.75 Å². The fourth-order valence-corrected chi connectivity index (χ4v) is 3.24. The summed E-state index contributed by atoms with van der Waals surface area (Å²) in [6.07, 6.45) is 3.68. The van der Waals surface area contributed by atoms with Crippen molar-refractivity contribution >= 4 is 11.8 Å². The van der Waals surface area contributed by atoms with Crippen LogP contribution in [0.5, 0.6) is 5.75 Å². The van der Waals surface area contributed by atoms with E-state index in [1.165, 1.54) is 4.90 Å². The van der Waals surface area contributed by atoms with Crippen LogP contribution >= 0.6 is 0 Å².